The molecule has 1 unspecified atom stereocenters. The van der Waals surface area contributed by atoms with Crippen LogP contribution >= 0.6 is 31.9 Å². The molecule has 1 fully saturated rings. The number of carbonyl (C=O) groups excluding carboxylic acids is 2. The van der Waals surface area contributed by atoms with Crippen LogP contribution in [0.4, 0.5) is 4.79 Å². The second kappa shape index (κ2) is 6.09. The van der Waals surface area contributed by atoms with E-state index < -0.39 is 5.54 Å². The molecule has 23 heavy (non-hydrogen) atoms. The van der Waals surface area contributed by atoms with E-state index in [1.54, 1.807) is 6.92 Å². The van der Waals surface area contributed by atoms with Crippen molar-refractivity contribution in [1.82, 2.24) is 10.2 Å². The van der Waals surface area contributed by atoms with Gasteiger partial charge in [0, 0.05) is 8.95 Å². The van der Waals surface area contributed by atoms with Crippen LogP contribution < -0.4 is 5.32 Å². The number of hydrogen-bond acceptors (Lipinski definition) is 2. The maximum Gasteiger partial charge on any atom is 0.325 e. The third-order valence-electron chi connectivity index (χ3n) is 3.93. The number of imide groups is 1. The van der Waals surface area contributed by atoms with Gasteiger partial charge in [0.15, 0.2) is 0 Å². The zero-order valence-corrected chi connectivity index (χ0v) is 15.5. The summed E-state index contributed by atoms with van der Waals surface area (Å²) in [5, 5.41) is 2.81. The zero-order chi connectivity index (χ0) is 16.6. The second-order valence-corrected chi connectivity index (χ2v) is 7.41. The molecule has 4 nitrogen and oxygen atoms in total. The quantitative estimate of drug-likeness (QED) is 0.732. The minimum absolute atomic E-state index is 0.247. The smallest absolute Gasteiger partial charge is 0.319 e. The van der Waals surface area contributed by atoms with Crippen molar-refractivity contribution in [1.29, 1.82) is 0 Å². The first-order chi connectivity index (χ1) is 10.9. The van der Waals surface area contributed by atoms with Crippen molar-refractivity contribution < 1.29 is 9.59 Å². The Bertz CT molecular complexity index is 776. The van der Waals surface area contributed by atoms with Crippen LogP contribution in [0.25, 0.3) is 0 Å². The molecule has 0 saturated carbocycles. The highest BCUT2D eigenvalue weighted by Gasteiger charge is 2.48. The molecular formula is C17H14Br2N2O2. The normalized spacial score (nSPS) is 20.7. The first-order valence-electron chi connectivity index (χ1n) is 7.05. The van der Waals surface area contributed by atoms with E-state index in [0.717, 1.165) is 20.1 Å². The van der Waals surface area contributed by atoms with Crippen LogP contribution in [0, 0.1) is 0 Å². The minimum atomic E-state index is -1.05. The zero-order valence-electron chi connectivity index (χ0n) is 12.3. The average Bonchev–Trinajstić information content (AvgIpc) is 2.74. The molecule has 1 atom stereocenters. The van der Waals surface area contributed by atoms with Gasteiger partial charge in [-0.05, 0) is 42.3 Å². The summed E-state index contributed by atoms with van der Waals surface area (Å²) in [5.41, 5.74) is 0.606. The lowest BCUT2D eigenvalue weighted by molar-refractivity contribution is -0.131. The fourth-order valence-corrected chi connectivity index (χ4v) is 3.27. The van der Waals surface area contributed by atoms with E-state index in [9.17, 15) is 9.59 Å². The van der Waals surface area contributed by atoms with Gasteiger partial charge in [-0.1, -0.05) is 56.1 Å². The summed E-state index contributed by atoms with van der Waals surface area (Å²) >= 11 is 6.78. The fourth-order valence-electron chi connectivity index (χ4n) is 2.61. The molecule has 1 heterocycles. The number of amides is 3. The topological polar surface area (TPSA) is 49.4 Å². The van der Waals surface area contributed by atoms with Crippen molar-refractivity contribution in [3.63, 3.8) is 0 Å². The standard InChI is InChI=1S/C17H14Br2N2O2/c1-17(12-3-2-4-14(19)9-12)15(22)21(16(23)20-17)10-11-5-7-13(18)8-6-11/h2-9H,10H2,1H3,(H,20,23). The molecule has 0 aromatic heterocycles. The van der Waals surface area contributed by atoms with Crippen LogP contribution in [0.15, 0.2) is 57.5 Å². The summed E-state index contributed by atoms with van der Waals surface area (Å²) in [6.07, 6.45) is 0. The second-order valence-electron chi connectivity index (χ2n) is 5.58. The molecule has 118 valence electrons. The summed E-state index contributed by atoms with van der Waals surface area (Å²) in [5.74, 6) is -0.247. The molecule has 1 aliphatic heterocycles. The molecule has 1 saturated heterocycles. The van der Waals surface area contributed by atoms with E-state index in [2.05, 4.69) is 37.2 Å². The fraction of sp³-hybridized carbons (Fsp3) is 0.176. The van der Waals surface area contributed by atoms with Gasteiger partial charge >= 0.3 is 6.03 Å². The molecule has 6 heteroatoms. The van der Waals surface area contributed by atoms with Crippen LogP contribution in [0.3, 0.4) is 0 Å². The maximum atomic E-state index is 12.8. The van der Waals surface area contributed by atoms with Gasteiger partial charge in [-0.3, -0.25) is 9.69 Å². The largest absolute Gasteiger partial charge is 0.325 e. The van der Waals surface area contributed by atoms with Crippen molar-refractivity contribution in [2.45, 2.75) is 19.0 Å². The van der Waals surface area contributed by atoms with Gasteiger partial charge in [-0.25, -0.2) is 4.79 Å². The highest BCUT2D eigenvalue weighted by atomic mass is 79.9. The molecule has 3 amide bonds. The summed E-state index contributed by atoms with van der Waals surface area (Å²) < 4.78 is 1.82. The monoisotopic (exact) mass is 436 g/mol. The number of carbonyl (C=O) groups is 2. The highest BCUT2D eigenvalue weighted by molar-refractivity contribution is 9.10. The lowest BCUT2D eigenvalue weighted by Crippen LogP contribution is -2.40. The summed E-state index contributed by atoms with van der Waals surface area (Å²) in [6.45, 7) is 1.98. The number of hydrogen-bond donors (Lipinski definition) is 1. The summed E-state index contributed by atoms with van der Waals surface area (Å²) in [7, 11) is 0. The number of urea groups is 1. The molecule has 0 aliphatic carbocycles. The van der Waals surface area contributed by atoms with Crippen molar-refractivity contribution in [2.75, 3.05) is 0 Å². The van der Waals surface area contributed by atoms with Crippen molar-refractivity contribution >= 4 is 43.8 Å². The third kappa shape index (κ3) is 3.05. The molecule has 1 N–H and O–H groups in total. The Balaban J connectivity index is 1.89. The molecule has 0 bridgehead atoms. The Labute approximate surface area is 151 Å². The van der Waals surface area contributed by atoms with E-state index in [1.165, 1.54) is 4.90 Å². The number of nitrogens with one attached hydrogen (secondary N) is 1. The lowest BCUT2D eigenvalue weighted by Gasteiger charge is -2.22. The molecule has 2 aromatic rings. The Morgan fingerprint density at radius 1 is 1.04 bits per heavy atom. The third-order valence-corrected chi connectivity index (χ3v) is 4.95. The van der Waals surface area contributed by atoms with Crippen molar-refractivity contribution in [3.8, 4) is 0 Å². The van der Waals surface area contributed by atoms with Crippen LogP contribution in [0.5, 0.6) is 0 Å². The van der Waals surface area contributed by atoms with E-state index in [4.69, 9.17) is 0 Å². The molecule has 2 aromatic carbocycles. The number of rotatable bonds is 3. The van der Waals surface area contributed by atoms with Gasteiger partial charge in [0.2, 0.25) is 0 Å². The van der Waals surface area contributed by atoms with Gasteiger partial charge in [0.25, 0.3) is 5.91 Å². The first kappa shape index (κ1) is 16.2. The molecule has 1 aliphatic rings. The van der Waals surface area contributed by atoms with E-state index in [-0.39, 0.29) is 18.5 Å². The van der Waals surface area contributed by atoms with Crippen LogP contribution in [-0.2, 0) is 16.9 Å². The Hall–Kier alpha value is -1.66. The summed E-state index contributed by atoms with van der Waals surface area (Å²) in [4.78, 5) is 26.4. The lowest BCUT2D eigenvalue weighted by atomic mass is 9.92. The van der Waals surface area contributed by atoms with Gasteiger partial charge in [-0.15, -0.1) is 0 Å². The van der Waals surface area contributed by atoms with Gasteiger partial charge < -0.3 is 5.32 Å². The Morgan fingerprint density at radius 3 is 2.39 bits per heavy atom. The predicted molar refractivity (Wildman–Crippen MR) is 94.7 cm³/mol. The highest BCUT2D eigenvalue weighted by Crippen LogP contribution is 2.31. The molecule has 0 spiro atoms. The number of halogens is 2. The average molecular weight is 438 g/mol. The SMILES string of the molecule is CC1(c2cccc(Br)c2)NC(=O)N(Cc2ccc(Br)cc2)C1=O. The number of benzene rings is 2. The summed E-state index contributed by atoms with van der Waals surface area (Å²) in [6, 6.07) is 14.6. The minimum Gasteiger partial charge on any atom is -0.319 e. The van der Waals surface area contributed by atoms with Crippen molar-refractivity contribution in [2.24, 2.45) is 0 Å². The Kier molecular flexibility index (Phi) is 4.29. The Morgan fingerprint density at radius 2 is 1.74 bits per heavy atom. The molecule has 3 rings (SSSR count). The first-order valence-corrected chi connectivity index (χ1v) is 8.63. The van der Waals surface area contributed by atoms with Crippen molar-refractivity contribution in [3.05, 3.63) is 68.6 Å². The molecule has 0 radical (unpaired) electrons. The van der Waals surface area contributed by atoms with E-state index in [1.807, 2.05) is 48.5 Å². The number of nitrogens with zero attached hydrogens (tertiary/aromatic N) is 1. The molecular weight excluding hydrogens is 424 g/mol. The maximum absolute atomic E-state index is 12.8. The van der Waals surface area contributed by atoms with Gasteiger partial charge in [0.1, 0.15) is 5.54 Å². The van der Waals surface area contributed by atoms with Gasteiger partial charge in [0.05, 0.1) is 6.54 Å². The van der Waals surface area contributed by atoms with Crippen LogP contribution in [-0.4, -0.2) is 16.8 Å². The van der Waals surface area contributed by atoms with Crippen LogP contribution in [0.2, 0.25) is 0 Å². The van der Waals surface area contributed by atoms with E-state index in [0.29, 0.717) is 0 Å². The van der Waals surface area contributed by atoms with Crippen LogP contribution in [0.1, 0.15) is 18.1 Å². The van der Waals surface area contributed by atoms with Gasteiger partial charge in [-0.2, -0.15) is 0 Å². The predicted octanol–water partition coefficient (Wildman–Crippen LogP) is 4.18. The van der Waals surface area contributed by atoms with E-state index >= 15 is 0 Å².